The van der Waals surface area contributed by atoms with E-state index in [9.17, 15) is 0 Å². The summed E-state index contributed by atoms with van der Waals surface area (Å²) in [6.07, 6.45) is 0. The van der Waals surface area contributed by atoms with Gasteiger partial charge in [0.15, 0.2) is 0 Å². The summed E-state index contributed by atoms with van der Waals surface area (Å²) in [5, 5.41) is 23.8. The summed E-state index contributed by atoms with van der Waals surface area (Å²) >= 11 is 0. The molecule has 0 aliphatic carbocycles. The van der Waals surface area contributed by atoms with Gasteiger partial charge in [-0.1, -0.05) is 0 Å². The Labute approximate surface area is 116 Å². The molecule has 0 aliphatic rings. The zero-order chi connectivity index (χ0) is 12.4. The van der Waals surface area contributed by atoms with Gasteiger partial charge in [0.25, 0.3) is 0 Å². The molecule has 3 N–H and O–H groups in total. The van der Waals surface area contributed by atoms with E-state index in [1.807, 2.05) is 0 Å². The number of ether oxygens (including phenoxy) is 3. The smallest absolute Gasteiger partial charge is 0.0693 e. The maximum Gasteiger partial charge on any atom is 0.0693 e. The molecule has 0 saturated heterocycles. The molecule has 0 spiro atoms. The maximum absolute atomic E-state index is 7.94. The average molecular weight is 273 g/mol. The van der Waals surface area contributed by atoms with Crippen LogP contribution >= 0.6 is 0 Å². The third-order valence-corrected chi connectivity index (χ3v) is 0.886. The van der Waals surface area contributed by atoms with E-state index in [2.05, 4.69) is 14.2 Å². The van der Waals surface area contributed by atoms with Gasteiger partial charge in [0, 0.05) is 47.2 Å². The Balaban J connectivity index is -0.0000000655. The molecule has 7 heteroatoms. The molecule has 0 aromatic rings. The van der Waals surface area contributed by atoms with Gasteiger partial charge in [0.1, 0.15) is 0 Å². The molecule has 0 aliphatic heterocycles. The van der Waals surface area contributed by atoms with E-state index in [0.29, 0.717) is 19.8 Å². The van der Waals surface area contributed by atoms with Gasteiger partial charge in [-0.05, 0) is 0 Å². The van der Waals surface area contributed by atoms with E-state index >= 15 is 0 Å². The van der Waals surface area contributed by atoms with Crippen LogP contribution in [0.5, 0.6) is 0 Å². The van der Waals surface area contributed by atoms with E-state index in [0.717, 1.165) is 0 Å². The first kappa shape index (κ1) is 25.5. The van der Waals surface area contributed by atoms with Crippen LogP contribution in [0.2, 0.25) is 0 Å². The molecular formula is C9H24O6Sc. The molecule has 0 rings (SSSR count). The first-order valence-electron chi connectivity index (χ1n) is 4.54. The van der Waals surface area contributed by atoms with Crippen LogP contribution in [0.15, 0.2) is 0 Å². The summed E-state index contributed by atoms with van der Waals surface area (Å²) < 4.78 is 13.3. The van der Waals surface area contributed by atoms with Crippen molar-refractivity contribution in [1.29, 1.82) is 0 Å². The SMILES string of the molecule is COCCO.COCCO.COCCO.[Sc]. The van der Waals surface area contributed by atoms with Crippen molar-refractivity contribution in [2.75, 3.05) is 61.0 Å². The Morgan fingerprint density at radius 2 is 0.812 bits per heavy atom. The van der Waals surface area contributed by atoms with Crippen LogP contribution in [0.3, 0.4) is 0 Å². The molecule has 99 valence electrons. The fourth-order valence-corrected chi connectivity index (χ4v) is 0.274. The zero-order valence-electron chi connectivity index (χ0n) is 10.4. The first-order valence-corrected chi connectivity index (χ1v) is 4.54. The van der Waals surface area contributed by atoms with Crippen molar-refractivity contribution in [2.24, 2.45) is 0 Å². The van der Waals surface area contributed by atoms with Crippen LogP contribution in [0.4, 0.5) is 0 Å². The Hall–Kier alpha value is 0.630. The van der Waals surface area contributed by atoms with Crippen molar-refractivity contribution in [3.63, 3.8) is 0 Å². The minimum Gasteiger partial charge on any atom is -0.394 e. The quantitative estimate of drug-likeness (QED) is 0.568. The predicted molar refractivity (Wildman–Crippen MR) is 56.9 cm³/mol. The van der Waals surface area contributed by atoms with Gasteiger partial charge in [0.2, 0.25) is 0 Å². The molecule has 0 amide bonds. The predicted octanol–water partition coefficient (Wildman–Crippen LogP) is -1.13. The molecular weight excluding hydrogens is 249 g/mol. The van der Waals surface area contributed by atoms with Crippen LogP contribution in [-0.2, 0) is 40.1 Å². The third-order valence-electron chi connectivity index (χ3n) is 0.886. The minimum atomic E-state index is 0. The van der Waals surface area contributed by atoms with E-state index in [4.69, 9.17) is 15.3 Å². The van der Waals surface area contributed by atoms with Gasteiger partial charge < -0.3 is 29.5 Å². The summed E-state index contributed by atoms with van der Waals surface area (Å²) in [5.74, 6) is 0. The van der Waals surface area contributed by atoms with Crippen molar-refractivity contribution >= 4 is 0 Å². The van der Waals surface area contributed by atoms with Gasteiger partial charge in [0.05, 0.1) is 39.6 Å². The molecule has 0 fully saturated rings. The number of aliphatic hydroxyl groups excluding tert-OH is 3. The Kier molecular flexibility index (Phi) is 57.4. The molecule has 0 unspecified atom stereocenters. The number of aliphatic hydroxyl groups is 3. The fourth-order valence-electron chi connectivity index (χ4n) is 0.274. The molecule has 0 bridgehead atoms. The van der Waals surface area contributed by atoms with Gasteiger partial charge in [-0.25, -0.2) is 0 Å². The molecule has 0 atom stereocenters. The van der Waals surface area contributed by atoms with E-state index in [1.165, 1.54) is 0 Å². The van der Waals surface area contributed by atoms with Crippen LogP contribution < -0.4 is 0 Å². The van der Waals surface area contributed by atoms with E-state index in [1.54, 1.807) is 21.3 Å². The molecule has 0 heterocycles. The normalized spacial score (nSPS) is 7.88. The van der Waals surface area contributed by atoms with Gasteiger partial charge in [-0.2, -0.15) is 0 Å². The maximum atomic E-state index is 7.94. The van der Waals surface area contributed by atoms with Crippen molar-refractivity contribution in [2.45, 2.75) is 0 Å². The molecule has 0 saturated carbocycles. The molecule has 6 nitrogen and oxygen atoms in total. The Bertz CT molecular complexity index is 56.8. The summed E-state index contributed by atoms with van der Waals surface area (Å²) in [6.45, 7) is 1.70. The van der Waals surface area contributed by atoms with Crippen molar-refractivity contribution < 1.29 is 55.4 Å². The van der Waals surface area contributed by atoms with Crippen molar-refractivity contribution in [1.82, 2.24) is 0 Å². The molecule has 1 radical (unpaired) electrons. The topological polar surface area (TPSA) is 88.4 Å². The second kappa shape index (κ2) is 36.1. The Morgan fingerprint density at radius 1 is 0.625 bits per heavy atom. The van der Waals surface area contributed by atoms with E-state index in [-0.39, 0.29) is 45.7 Å². The summed E-state index contributed by atoms with van der Waals surface area (Å²) in [6, 6.07) is 0. The monoisotopic (exact) mass is 273 g/mol. The van der Waals surface area contributed by atoms with Crippen LogP contribution in [0.25, 0.3) is 0 Å². The average Bonchev–Trinajstić information content (AvgIpc) is 2.23. The standard InChI is InChI=1S/3C3H8O2.Sc/c3*1-5-3-2-4;/h3*4H,2-3H2,1H3;. The first-order chi connectivity index (χ1) is 7.24. The Morgan fingerprint density at radius 3 is 0.812 bits per heavy atom. The zero-order valence-corrected chi connectivity index (χ0v) is 12.2. The van der Waals surface area contributed by atoms with Crippen LogP contribution in [0.1, 0.15) is 0 Å². The number of hydrogen-bond acceptors (Lipinski definition) is 6. The molecule has 0 aromatic heterocycles. The third kappa shape index (κ3) is 61.8. The minimum absolute atomic E-state index is 0. The largest absolute Gasteiger partial charge is 0.394 e. The molecule has 0 aromatic carbocycles. The number of rotatable bonds is 6. The second-order valence-electron chi connectivity index (χ2n) is 2.15. The van der Waals surface area contributed by atoms with Crippen LogP contribution in [-0.4, -0.2) is 76.3 Å². The van der Waals surface area contributed by atoms with Gasteiger partial charge in [-0.3, -0.25) is 0 Å². The van der Waals surface area contributed by atoms with Crippen molar-refractivity contribution in [3.05, 3.63) is 0 Å². The molecule has 16 heavy (non-hydrogen) atoms. The summed E-state index contributed by atoms with van der Waals surface area (Å²) in [4.78, 5) is 0. The van der Waals surface area contributed by atoms with Crippen molar-refractivity contribution in [3.8, 4) is 0 Å². The van der Waals surface area contributed by atoms with Gasteiger partial charge >= 0.3 is 0 Å². The fraction of sp³-hybridized carbons (Fsp3) is 1.00. The van der Waals surface area contributed by atoms with Crippen LogP contribution in [0, 0.1) is 0 Å². The van der Waals surface area contributed by atoms with Gasteiger partial charge in [-0.15, -0.1) is 0 Å². The summed E-state index contributed by atoms with van der Waals surface area (Å²) in [7, 11) is 4.66. The number of methoxy groups -OCH3 is 3. The summed E-state index contributed by atoms with van der Waals surface area (Å²) in [5.41, 5.74) is 0. The van der Waals surface area contributed by atoms with E-state index < -0.39 is 0 Å². The second-order valence-corrected chi connectivity index (χ2v) is 2.15. The number of hydrogen-bond donors (Lipinski definition) is 3.